The van der Waals surface area contributed by atoms with Gasteiger partial charge in [0.05, 0.1) is 18.4 Å². The Balaban J connectivity index is 0.000000254. The van der Waals surface area contributed by atoms with Crippen molar-refractivity contribution >= 4 is 24.3 Å². The van der Waals surface area contributed by atoms with E-state index in [9.17, 15) is 13.6 Å². The highest BCUT2D eigenvalue weighted by atomic mass is 32.1. The number of hydrogen-bond donors (Lipinski definition) is 2. The second kappa shape index (κ2) is 10.3. The van der Waals surface area contributed by atoms with Crippen LogP contribution in [0.5, 0.6) is 5.75 Å². The van der Waals surface area contributed by atoms with Crippen molar-refractivity contribution in [3.05, 3.63) is 88.5 Å². The van der Waals surface area contributed by atoms with Crippen molar-refractivity contribution in [1.29, 1.82) is 0 Å². The summed E-state index contributed by atoms with van der Waals surface area (Å²) >= 11 is 3.74. The lowest BCUT2D eigenvalue weighted by atomic mass is 10.1. The molecule has 3 aromatic rings. The first-order valence-corrected chi connectivity index (χ1v) is 10.2. The summed E-state index contributed by atoms with van der Waals surface area (Å²) < 4.78 is 34.8. The Morgan fingerprint density at radius 3 is 2.19 bits per heavy atom. The minimum absolute atomic E-state index is 0.299. The minimum Gasteiger partial charge on any atom is -0.487 e. The number of fused-ring (bicyclic) bond motifs is 1. The van der Waals surface area contributed by atoms with Crippen molar-refractivity contribution in [3.8, 4) is 5.75 Å². The van der Waals surface area contributed by atoms with Gasteiger partial charge in [0.1, 0.15) is 24.0 Å². The molecule has 0 bridgehead atoms. The van der Waals surface area contributed by atoms with Crippen LogP contribution >= 0.6 is 12.6 Å². The number of hydrogen-bond acceptors (Lipinski definition) is 5. The molecule has 0 unspecified atom stereocenters. The van der Waals surface area contributed by atoms with Gasteiger partial charge in [-0.1, -0.05) is 12.1 Å². The van der Waals surface area contributed by atoms with E-state index >= 15 is 0 Å². The first kappa shape index (κ1) is 22.6. The fourth-order valence-corrected chi connectivity index (χ4v) is 3.55. The number of aryl methyl sites for hydroxylation is 2. The molecule has 31 heavy (non-hydrogen) atoms. The van der Waals surface area contributed by atoms with Crippen molar-refractivity contribution in [3.63, 3.8) is 0 Å². The van der Waals surface area contributed by atoms with E-state index in [-0.39, 0.29) is 5.97 Å². The zero-order valence-electron chi connectivity index (χ0n) is 17.0. The molecule has 1 aliphatic carbocycles. The number of nitrogens with two attached hydrogens (primary N) is 1. The molecule has 162 valence electrons. The van der Waals surface area contributed by atoms with Crippen LogP contribution in [0.2, 0.25) is 0 Å². The van der Waals surface area contributed by atoms with E-state index in [0.717, 1.165) is 42.4 Å². The molecule has 2 N–H and O–H groups in total. The molecule has 0 aromatic heterocycles. The second-order valence-corrected chi connectivity index (χ2v) is 7.63. The summed E-state index contributed by atoms with van der Waals surface area (Å²) in [5.74, 6) is -0.798. The lowest BCUT2D eigenvalue weighted by molar-refractivity contribution is 0.0600. The van der Waals surface area contributed by atoms with Crippen LogP contribution in [0.4, 0.5) is 14.5 Å². The Kier molecular flexibility index (Phi) is 7.52. The third-order valence-electron chi connectivity index (χ3n) is 4.84. The molecule has 0 amide bonds. The number of rotatable bonds is 4. The maximum absolute atomic E-state index is 12.1. The Morgan fingerprint density at radius 1 is 1.00 bits per heavy atom. The van der Waals surface area contributed by atoms with Crippen LogP contribution in [0, 0.1) is 11.6 Å². The number of nitrogen functional groups attached to an aromatic ring is 1. The Hall–Kier alpha value is -3.06. The van der Waals surface area contributed by atoms with Gasteiger partial charge >= 0.3 is 5.97 Å². The number of carbonyl (C=O) groups excluding carboxylic acids is 1. The van der Waals surface area contributed by atoms with Gasteiger partial charge in [-0.25, -0.2) is 13.6 Å². The summed E-state index contributed by atoms with van der Waals surface area (Å²) in [6.07, 6.45) is 3.39. The van der Waals surface area contributed by atoms with E-state index in [1.54, 1.807) is 12.1 Å². The summed E-state index contributed by atoms with van der Waals surface area (Å²) in [5.41, 5.74) is 10.9. The molecule has 0 saturated carbocycles. The van der Waals surface area contributed by atoms with Crippen LogP contribution in [-0.2, 0) is 24.2 Å². The van der Waals surface area contributed by atoms with E-state index in [2.05, 4.69) is 23.4 Å². The topological polar surface area (TPSA) is 61.5 Å². The summed E-state index contributed by atoms with van der Waals surface area (Å²) in [5, 5.41) is 0. The largest absolute Gasteiger partial charge is 0.487 e. The van der Waals surface area contributed by atoms with Gasteiger partial charge in [-0.3, -0.25) is 0 Å². The predicted octanol–water partition coefficient (Wildman–Crippen LogP) is 5.38. The fraction of sp³-hybridized carbons (Fsp3) is 0.208. The SMILES string of the molecule is COC(=O)c1ccc(COc2cc3c(cc2N)CCC3)cc1.Fc1cc(F)cc(S)c1. The molecular formula is C24H23F2NO3S. The molecule has 0 spiro atoms. The molecule has 0 saturated heterocycles. The zero-order valence-corrected chi connectivity index (χ0v) is 17.9. The Labute approximate surface area is 185 Å². The maximum Gasteiger partial charge on any atom is 0.337 e. The molecule has 4 rings (SSSR count). The summed E-state index contributed by atoms with van der Waals surface area (Å²) in [6, 6.07) is 14.4. The molecule has 0 atom stereocenters. The maximum atomic E-state index is 12.1. The van der Waals surface area contributed by atoms with Gasteiger partial charge in [-0.15, -0.1) is 12.6 Å². The van der Waals surface area contributed by atoms with Crippen LogP contribution in [0.1, 0.15) is 33.5 Å². The lowest BCUT2D eigenvalue weighted by Gasteiger charge is -2.11. The number of halogens is 2. The smallest absolute Gasteiger partial charge is 0.337 e. The summed E-state index contributed by atoms with van der Waals surface area (Å²) in [6.45, 7) is 0.421. The van der Waals surface area contributed by atoms with Crippen molar-refractivity contribution in [2.24, 2.45) is 0 Å². The monoisotopic (exact) mass is 443 g/mol. The zero-order chi connectivity index (χ0) is 22.4. The highest BCUT2D eigenvalue weighted by molar-refractivity contribution is 7.80. The number of esters is 1. The molecule has 7 heteroatoms. The molecular weight excluding hydrogens is 420 g/mol. The van der Waals surface area contributed by atoms with Gasteiger partial charge < -0.3 is 15.2 Å². The molecule has 0 fully saturated rings. The second-order valence-electron chi connectivity index (χ2n) is 7.12. The van der Waals surface area contributed by atoms with E-state index in [4.69, 9.17) is 10.5 Å². The minimum atomic E-state index is -0.597. The first-order valence-electron chi connectivity index (χ1n) is 9.72. The molecule has 0 aliphatic heterocycles. The Morgan fingerprint density at radius 2 is 1.61 bits per heavy atom. The normalized spacial score (nSPS) is 11.9. The first-order chi connectivity index (χ1) is 14.9. The van der Waals surface area contributed by atoms with Crippen molar-refractivity contribution < 1.29 is 23.0 Å². The molecule has 0 radical (unpaired) electrons. The number of thiol groups is 1. The molecule has 4 nitrogen and oxygen atoms in total. The number of ether oxygens (including phenoxy) is 2. The van der Waals surface area contributed by atoms with Crippen molar-refractivity contribution in [1.82, 2.24) is 0 Å². The third kappa shape index (κ3) is 6.21. The number of methoxy groups -OCH3 is 1. The van der Waals surface area contributed by atoms with Gasteiger partial charge in [-0.05, 0) is 72.4 Å². The number of benzene rings is 3. The van der Waals surface area contributed by atoms with Gasteiger partial charge in [-0.2, -0.15) is 0 Å². The highest BCUT2D eigenvalue weighted by Crippen LogP contribution is 2.32. The standard InChI is InChI=1S/C18H19NO3.C6H4F2S/c1-21-18(20)13-7-5-12(6-8-13)11-22-17-10-15-4-2-3-14(15)9-16(17)19;7-4-1-5(8)3-6(9)2-4/h5-10H,2-4,11,19H2,1H3;1-3,9H. The third-order valence-corrected chi connectivity index (χ3v) is 5.10. The van der Waals surface area contributed by atoms with Crippen LogP contribution in [0.25, 0.3) is 0 Å². The van der Waals surface area contributed by atoms with Crippen molar-refractivity contribution in [2.75, 3.05) is 12.8 Å². The van der Waals surface area contributed by atoms with Gasteiger partial charge in [0, 0.05) is 11.0 Å². The van der Waals surface area contributed by atoms with E-state index < -0.39 is 11.6 Å². The summed E-state index contributed by atoms with van der Waals surface area (Å²) in [4.78, 5) is 11.7. The van der Waals surface area contributed by atoms with Crippen molar-refractivity contribution in [2.45, 2.75) is 30.8 Å². The van der Waals surface area contributed by atoms with Crippen LogP contribution in [0.3, 0.4) is 0 Å². The number of anilines is 1. The fourth-order valence-electron chi connectivity index (χ4n) is 3.30. The lowest BCUT2D eigenvalue weighted by Crippen LogP contribution is -2.03. The van der Waals surface area contributed by atoms with Gasteiger partial charge in [0.2, 0.25) is 0 Å². The van der Waals surface area contributed by atoms with Crippen LogP contribution in [0.15, 0.2) is 59.5 Å². The van der Waals surface area contributed by atoms with E-state index in [0.29, 0.717) is 22.8 Å². The quantitative estimate of drug-likeness (QED) is 0.323. The highest BCUT2D eigenvalue weighted by Gasteiger charge is 2.14. The van der Waals surface area contributed by atoms with Gasteiger partial charge in [0.25, 0.3) is 0 Å². The van der Waals surface area contributed by atoms with E-state index in [1.165, 1.54) is 24.7 Å². The predicted molar refractivity (Wildman–Crippen MR) is 119 cm³/mol. The molecule has 0 heterocycles. The summed E-state index contributed by atoms with van der Waals surface area (Å²) in [7, 11) is 1.37. The molecule has 3 aromatic carbocycles. The van der Waals surface area contributed by atoms with Crippen LogP contribution in [-0.4, -0.2) is 13.1 Å². The average Bonchev–Trinajstić information content (AvgIpc) is 3.18. The average molecular weight is 444 g/mol. The van der Waals surface area contributed by atoms with E-state index in [1.807, 2.05) is 18.2 Å². The van der Waals surface area contributed by atoms with Crippen LogP contribution < -0.4 is 10.5 Å². The number of carbonyl (C=O) groups is 1. The van der Waals surface area contributed by atoms with Gasteiger partial charge in [0.15, 0.2) is 0 Å². The molecule has 1 aliphatic rings. The Bertz CT molecular complexity index is 1020.